The van der Waals surface area contributed by atoms with Crippen molar-refractivity contribution < 1.29 is 19.7 Å². The van der Waals surface area contributed by atoms with E-state index in [2.05, 4.69) is 32.9 Å². The SMILES string of the molecule is CC=C(C)C(O)C(C)C(O)CC=C(C)C=C(C)CC(C)=CCC=C(C)C(O)C(C)c1ccc(CCCC)c(=O)o1. The van der Waals surface area contributed by atoms with Gasteiger partial charge < -0.3 is 19.7 Å². The van der Waals surface area contributed by atoms with E-state index in [0.717, 1.165) is 42.4 Å². The summed E-state index contributed by atoms with van der Waals surface area (Å²) in [6, 6.07) is 3.65. The molecular formula is C35H54O5. The molecule has 40 heavy (non-hydrogen) atoms. The topological polar surface area (TPSA) is 90.9 Å². The summed E-state index contributed by atoms with van der Waals surface area (Å²) in [6.45, 7) is 17.8. The number of unbranched alkanes of at least 4 members (excludes halogenated alkanes) is 1. The fourth-order valence-corrected chi connectivity index (χ4v) is 4.70. The summed E-state index contributed by atoms with van der Waals surface area (Å²) in [7, 11) is 0. The lowest BCUT2D eigenvalue weighted by atomic mass is 9.91. The van der Waals surface area contributed by atoms with Crippen LogP contribution in [0.25, 0.3) is 0 Å². The lowest BCUT2D eigenvalue weighted by Crippen LogP contribution is -2.29. The fraction of sp³-hybridized carbons (Fsp3) is 0.571. The first-order valence-electron chi connectivity index (χ1n) is 14.8. The lowest BCUT2D eigenvalue weighted by molar-refractivity contribution is 0.0415. The van der Waals surface area contributed by atoms with Crippen molar-refractivity contribution in [1.29, 1.82) is 0 Å². The van der Waals surface area contributed by atoms with E-state index in [9.17, 15) is 20.1 Å². The Balaban J connectivity index is 2.70. The quantitative estimate of drug-likeness (QED) is 0.144. The smallest absolute Gasteiger partial charge is 0.339 e. The van der Waals surface area contributed by atoms with Crippen LogP contribution in [-0.2, 0) is 6.42 Å². The second kappa shape index (κ2) is 18.1. The van der Waals surface area contributed by atoms with Gasteiger partial charge in [-0.15, -0.1) is 0 Å². The number of aryl methyl sites for hydroxylation is 1. The molecule has 0 fully saturated rings. The van der Waals surface area contributed by atoms with Crippen molar-refractivity contribution in [3.05, 3.63) is 92.1 Å². The first-order valence-corrected chi connectivity index (χ1v) is 14.8. The Morgan fingerprint density at radius 1 is 0.925 bits per heavy atom. The zero-order chi connectivity index (χ0) is 30.4. The second-order valence-corrected chi connectivity index (χ2v) is 11.5. The summed E-state index contributed by atoms with van der Waals surface area (Å²) < 4.78 is 5.53. The maximum Gasteiger partial charge on any atom is 0.339 e. The van der Waals surface area contributed by atoms with Gasteiger partial charge in [-0.1, -0.05) is 74.3 Å². The highest BCUT2D eigenvalue weighted by atomic mass is 16.4. The average Bonchev–Trinajstić information content (AvgIpc) is 2.92. The van der Waals surface area contributed by atoms with Crippen molar-refractivity contribution in [2.75, 3.05) is 0 Å². The normalized spacial score (nSPS) is 17.9. The number of hydrogen-bond acceptors (Lipinski definition) is 5. The van der Waals surface area contributed by atoms with Gasteiger partial charge in [0, 0.05) is 17.4 Å². The number of hydrogen-bond donors (Lipinski definition) is 3. The van der Waals surface area contributed by atoms with Gasteiger partial charge in [0.2, 0.25) is 0 Å². The molecule has 0 aliphatic rings. The standard InChI is InChI=1S/C35H54O5/c1-10-12-16-30-18-20-32(40-35(30)39)29(9)34(38)27(7)15-13-14-23(3)21-25(5)22-24(4)17-19-31(36)28(8)33(37)26(6)11-2/h11,14-15,17-18,20,22,28-29,31,33-34,36-38H,10,12-13,16,19,21H2,1-9H3. The predicted octanol–water partition coefficient (Wildman–Crippen LogP) is 7.73. The molecule has 1 heterocycles. The van der Waals surface area contributed by atoms with Gasteiger partial charge in [0.15, 0.2) is 0 Å². The molecule has 0 saturated carbocycles. The minimum Gasteiger partial charge on any atom is -0.427 e. The van der Waals surface area contributed by atoms with Crippen LogP contribution in [0.5, 0.6) is 0 Å². The summed E-state index contributed by atoms with van der Waals surface area (Å²) in [5.74, 6) is -0.0401. The van der Waals surface area contributed by atoms with Gasteiger partial charge in [0.05, 0.1) is 18.3 Å². The molecule has 1 rings (SSSR count). The van der Waals surface area contributed by atoms with Crippen molar-refractivity contribution in [2.24, 2.45) is 5.92 Å². The molecule has 0 aliphatic heterocycles. The molecule has 1 aromatic rings. The summed E-state index contributed by atoms with van der Waals surface area (Å²) in [6.07, 6.45) is 13.0. The van der Waals surface area contributed by atoms with Crippen molar-refractivity contribution >= 4 is 0 Å². The van der Waals surface area contributed by atoms with E-state index < -0.39 is 18.3 Å². The molecule has 0 spiro atoms. The Hall–Kier alpha value is -2.47. The molecule has 0 amide bonds. The van der Waals surface area contributed by atoms with Gasteiger partial charge >= 0.3 is 5.63 Å². The Morgan fingerprint density at radius 2 is 1.60 bits per heavy atom. The Morgan fingerprint density at radius 3 is 2.20 bits per heavy atom. The highest BCUT2D eigenvalue weighted by molar-refractivity contribution is 5.25. The Kier molecular flexibility index (Phi) is 16.1. The highest BCUT2D eigenvalue weighted by Crippen LogP contribution is 2.24. The average molecular weight is 555 g/mol. The van der Waals surface area contributed by atoms with Crippen molar-refractivity contribution in [3.8, 4) is 0 Å². The van der Waals surface area contributed by atoms with E-state index >= 15 is 0 Å². The van der Waals surface area contributed by atoms with Gasteiger partial charge in [0.1, 0.15) is 5.76 Å². The third-order valence-corrected chi connectivity index (χ3v) is 7.76. The van der Waals surface area contributed by atoms with E-state index in [1.165, 1.54) is 11.1 Å². The first kappa shape index (κ1) is 35.6. The van der Waals surface area contributed by atoms with Crippen LogP contribution in [0, 0.1) is 5.92 Å². The molecule has 0 radical (unpaired) electrons. The van der Waals surface area contributed by atoms with Gasteiger partial charge in [-0.3, -0.25) is 0 Å². The van der Waals surface area contributed by atoms with Crippen LogP contribution in [0.2, 0.25) is 0 Å². The van der Waals surface area contributed by atoms with E-state index in [-0.39, 0.29) is 17.5 Å². The van der Waals surface area contributed by atoms with E-state index in [4.69, 9.17) is 4.42 Å². The third-order valence-electron chi connectivity index (χ3n) is 7.76. The van der Waals surface area contributed by atoms with Gasteiger partial charge in [-0.05, 0) is 96.9 Å². The second-order valence-electron chi connectivity index (χ2n) is 11.5. The number of aliphatic hydroxyl groups is 3. The molecular weight excluding hydrogens is 500 g/mol. The van der Waals surface area contributed by atoms with Crippen LogP contribution in [-0.4, -0.2) is 33.6 Å². The van der Waals surface area contributed by atoms with E-state index in [1.54, 1.807) is 0 Å². The lowest BCUT2D eigenvalue weighted by Gasteiger charge is -2.24. The van der Waals surface area contributed by atoms with Crippen LogP contribution in [0.15, 0.2) is 79.6 Å². The molecule has 0 aliphatic carbocycles. The minimum absolute atomic E-state index is 0.233. The minimum atomic E-state index is -0.728. The maximum atomic E-state index is 12.3. The number of allylic oxidation sites excluding steroid dienone is 7. The summed E-state index contributed by atoms with van der Waals surface area (Å²) >= 11 is 0. The summed E-state index contributed by atoms with van der Waals surface area (Å²) in [4.78, 5) is 12.3. The predicted molar refractivity (Wildman–Crippen MR) is 167 cm³/mol. The van der Waals surface area contributed by atoms with Crippen LogP contribution < -0.4 is 5.63 Å². The van der Waals surface area contributed by atoms with Crippen LogP contribution in [0.4, 0.5) is 0 Å². The number of rotatable bonds is 16. The number of aliphatic hydroxyl groups excluding tert-OH is 3. The van der Waals surface area contributed by atoms with Crippen LogP contribution in [0.3, 0.4) is 0 Å². The van der Waals surface area contributed by atoms with E-state index in [0.29, 0.717) is 24.2 Å². The molecule has 5 heteroatoms. The van der Waals surface area contributed by atoms with Gasteiger partial charge in [-0.25, -0.2) is 4.79 Å². The van der Waals surface area contributed by atoms with Gasteiger partial charge in [-0.2, -0.15) is 0 Å². The Bertz CT molecular complexity index is 1130. The van der Waals surface area contributed by atoms with Crippen molar-refractivity contribution in [2.45, 2.75) is 125 Å². The molecule has 1 aromatic heterocycles. The third kappa shape index (κ3) is 12.0. The van der Waals surface area contributed by atoms with Crippen molar-refractivity contribution in [3.63, 3.8) is 0 Å². The molecule has 3 N–H and O–H groups in total. The highest BCUT2D eigenvalue weighted by Gasteiger charge is 2.23. The zero-order valence-electron chi connectivity index (χ0n) is 26.3. The Labute approximate surface area is 242 Å². The maximum absolute atomic E-state index is 12.3. The largest absolute Gasteiger partial charge is 0.427 e. The van der Waals surface area contributed by atoms with Gasteiger partial charge in [0.25, 0.3) is 0 Å². The molecule has 5 unspecified atom stereocenters. The molecule has 5 atom stereocenters. The first-order chi connectivity index (χ1) is 18.8. The van der Waals surface area contributed by atoms with Crippen LogP contribution >= 0.6 is 0 Å². The molecule has 224 valence electrons. The van der Waals surface area contributed by atoms with Crippen LogP contribution in [0.1, 0.15) is 112 Å². The molecule has 5 nitrogen and oxygen atoms in total. The fourth-order valence-electron chi connectivity index (χ4n) is 4.70. The monoisotopic (exact) mass is 554 g/mol. The zero-order valence-corrected chi connectivity index (χ0v) is 26.3. The molecule has 0 aromatic carbocycles. The molecule has 0 bridgehead atoms. The molecule has 0 saturated heterocycles. The van der Waals surface area contributed by atoms with Crippen molar-refractivity contribution in [1.82, 2.24) is 0 Å². The van der Waals surface area contributed by atoms with E-state index in [1.807, 2.05) is 71.9 Å². The summed E-state index contributed by atoms with van der Waals surface area (Å²) in [5.41, 5.74) is 5.66. The summed E-state index contributed by atoms with van der Waals surface area (Å²) in [5, 5.41) is 31.7.